The molecule has 1 unspecified atom stereocenters. The molecule has 208 valence electrons. The Morgan fingerprint density at radius 3 is 2.53 bits per heavy atom. The van der Waals surface area contributed by atoms with E-state index in [1.807, 2.05) is 11.8 Å². The summed E-state index contributed by atoms with van der Waals surface area (Å²) in [5.41, 5.74) is 4.00. The zero-order chi connectivity index (χ0) is 26.9. The number of fused-ring (bicyclic) bond motifs is 1. The van der Waals surface area contributed by atoms with Gasteiger partial charge in [-0.25, -0.2) is 8.42 Å². The highest BCUT2D eigenvalue weighted by atomic mass is 35.5. The molecule has 0 bridgehead atoms. The van der Waals surface area contributed by atoms with E-state index in [0.29, 0.717) is 48.0 Å². The number of sulfonamides is 1. The molecule has 0 radical (unpaired) electrons. The lowest BCUT2D eigenvalue weighted by atomic mass is 10.00. The summed E-state index contributed by atoms with van der Waals surface area (Å²) < 4.78 is 31.4. The Morgan fingerprint density at radius 2 is 1.74 bits per heavy atom. The Balaban J connectivity index is 1.20. The van der Waals surface area contributed by atoms with E-state index in [0.717, 1.165) is 44.3 Å². The molecule has 1 atom stereocenters. The topological polar surface area (TPSA) is 65.9 Å². The summed E-state index contributed by atoms with van der Waals surface area (Å²) >= 11 is 6.23. The summed E-state index contributed by atoms with van der Waals surface area (Å²) in [5, 5.41) is 0.577. The Kier molecular flexibility index (Phi) is 8.53. The molecule has 1 aromatic heterocycles. The van der Waals surface area contributed by atoms with Gasteiger partial charge in [0.05, 0.1) is 11.4 Å². The van der Waals surface area contributed by atoms with Crippen LogP contribution in [0, 0.1) is 13.8 Å². The fourth-order valence-electron chi connectivity index (χ4n) is 6.37. The number of amides is 1. The molecule has 0 N–H and O–H groups in total. The van der Waals surface area contributed by atoms with Crippen LogP contribution in [0.2, 0.25) is 5.02 Å². The van der Waals surface area contributed by atoms with Crippen molar-refractivity contribution in [3.8, 4) is 0 Å². The van der Waals surface area contributed by atoms with E-state index in [9.17, 15) is 13.2 Å². The minimum atomic E-state index is -3.66. The summed E-state index contributed by atoms with van der Waals surface area (Å²) in [7, 11) is -3.66. The molecular weight excluding hydrogens is 520 g/mol. The first kappa shape index (κ1) is 27.7. The normalized spacial score (nSPS) is 21.1. The van der Waals surface area contributed by atoms with Gasteiger partial charge in [-0.05, 0) is 94.4 Å². The van der Waals surface area contributed by atoms with Crippen molar-refractivity contribution in [3.63, 3.8) is 0 Å². The molecule has 38 heavy (non-hydrogen) atoms. The molecule has 0 aliphatic carbocycles. The highest BCUT2D eigenvalue weighted by Gasteiger charge is 2.35. The molecule has 2 fully saturated rings. The van der Waals surface area contributed by atoms with Gasteiger partial charge in [-0.2, -0.15) is 4.31 Å². The van der Waals surface area contributed by atoms with Crippen molar-refractivity contribution in [2.24, 2.45) is 0 Å². The first-order valence-electron chi connectivity index (χ1n) is 14.2. The van der Waals surface area contributed by atoms with E-state index in [4.69, 9.17) is 11.6 Å². The van der Waals surface area contributed by atoms with Crippen LogP contribution in [0.5, 0.6) is 0 Å². The van der Waals surface area contributed by atoms with Gasteiger partial charge in [-0.3, -0.25) is 4.79 Å². The van der Waals surface area contributed by atoms with Crippen molar-refractivity contribution in [3.05, 3.63) is 51.8 Å². The third kappa shape index (κ3) is 5.83. The van der Waals surface area contributed by atoms with Crippen molar-refractivity contribution in [1.82, 2.24) is 18.7 Å². The molecule has 3 aliphatic heterocycles. The summed E-state index contributed by atoms with van der Waals surface area (Å²) in [4.78, 5) is 18.1. The first-order valence-corrected chi connectivity index (χ1v) is 16.0. The number of aromatic nitrogens is 1. The molecule has 0 spiro atoms. The van der Waals surface area contributed by atoms with Crippen molar-refractivity contribution in [2.45, 2.75) is 89.2 Å². The quantitative estimate of drug-likeness (QED) is 0.467. The minimum Gasteiger partial charge on any atom is -0.345 e. The van der Waals surface area contributed by atoms with Crippen LogP contribution in [-0.2, 0) is 34.3 Å². The maximum atomic E-state index is 13.7. The molecule has 2 aromatic rings. The third-order valence-electron chi connectivity index (χ3n) is 8.65. The molecule has 1 aromatic carbocycles. The zero-order valence-electron chi connectivity index (χ0n) is 22.8. The predicted octanol–water partition coefficient (Wildman–Crippen LogP) is 4.76. The number of aryl methyl sites for hydroxylation is 2. The first-order chi connectivity index (χ1) is 18.2. The predicted molar refractivity (Wildman–Crippen MR) is 151 cm³/mol. The minimum absolute atomic E-state index is 0.123. The fraction of sp³-hybridized carbons (Fsp3) is 0.621. The number of halogens is 1. The number of benzene rings is 1. The molecule has 3 aliphatic rings. The van der Waals surface area contributed by atoms with Gasteiger partial charge in [0, 0.05) is 61.5 Å². The van der Waals surface area contributed by atoms with Gasteiger partial charge >= 0.3 is 0 Å². The third-order valence-corrected chi connectivity index (χ3v) is 11.2. The molecule has 7 nitrogen and oxygen atoms in total. The van der Waals surface area contributed by atoms with Gasteiger partial charge in [-0.15, -0.1) is 0 Å². The summed E-state index contributed by atoms with van der Waals surface area (Å²) in [6.07, 6.45) is 7.25. The van der Waals surface area contributed by atoms with Crippen LogP contribution in [-0.4, -0.2) is 71.8 Å². The van der Waals surface area contributed by atoms with Crippen LogP contribution >= 0.6 is 11.6 Å². The number of hydrogen-bond acceptors (Lipinski definition) is 4. The van der Waals surface area contributed by atoms with Gasteiger partial charge in [-0.1, -0.05) is 18.0 Å². The monoisotopic (exact) mass is 560 g/mol. The van der Waals surface area contributed by atoms with Crippen LogP contribution in [0.1, 0.15) is 67.5 Å². The Hall–Kier alpha value is -1.87. The Morgan fingerprint density at radius 1 is 0.974 bits per heavy atom. The van der Waals surface area contributed by atoms with Gasteiger partial charge in [0.2, 0.25) is 15.9 Å². The number of piperidine rings is 1. The fourth-order valence-corrected chi connectivity index (χ4v) is 8.61. The average Bonchev–Trinajstić information content (AvgIpc) is 3.57. The zero-order valence-corrected chi connectivity index (χ0v) is 24.4. The number of carbonyl (C=O) groups excluding carboxylic acids is 1. The van der Waals surface area contributed by atoms with Crippen LogP contribution in [0.4, 0.5) is 0 Å². The standard InChI is InChI=1S/C29H41ClN4O3S/c1-22-20-28(23(2)19-27(22)30)38(36,37)34-15-4-3-7-25(34)10-11-29(35)32-17-18-33-24(8-9-26(33)21-32)12-16-31-13-5-6-14-31/h8-9,19-20,25H,3-7,10-18,21H2,1-2H3. The van der Waals surface area contributed by atoms with Crippen molar-refractivity contribution >= 4 is 27.5 Å². The molecule has 1 amide bonds. The van der Waals surface area contributed by atoms with E-state index < -0.39 is 10.0 Å². The second-order valence-electron chi connectivity index (χ2n) is 11.3. The Labute approximate surface area is 232 Å². The lowest BCUT2D eigenvalue weighted by Gasteiger charge is -2.36. The number of hydrogen-bond donors (Lipinski definition) is 0. The van der Waals surface area contributed by atoms with Crippen LogP contribution < -0.4 is 0 Å². The van der Waals surface area contributed by atoms with Crippen LogP contribution in [0.25, 0.3) is 0 Å². The van der Waals surface area contributed by atoms with Crippen molar-refractivity contribution in [2.75, 3.05) is 32.7 Å². The molecule has 9 heteroatoms. The second-order valence-corrected chi connectivity index (χ2v) is 13.5. The van der Waals surface area contributed by atoms with E-state index in [1.165, 1.54) is 37.3 Å². The summed E-state index contributed by atoms with van der Waals surface area (Å²) in [6, 6.07) is 7.66. The summed E-state index contributed by atoms with van der Waals surface area (Å²) in [6.45, 7) is 9.86. The van der Waals surface area contributed by atoms with E-state index in [1.54, 1.807) is 23.4 Å². The molecule has 4 heterocycles. The lowest BCUT2D eigenvalue weighted by Crippen LogP contribution is -2.45. The maximum absolute atomic E-state index is 13.7. The van der Waals surface area contributed by atoms with Gasteiger partial charge in [0.15, 0.2) is 0 Å². The molecule has 5 rings (SSSR count). The van der Waals surface area contributed by atoms with Gasteiger partial charge < -0.3 is 14.4 Å². The van der Waals surface area contributed by atoms with Crippen LogP contribution in [0.15, 0.2) is 29.2 Å². The largest absolute Gasteiger partial charge is 0.345 e. The highest BCUT2D eigenvalue weighted by molar-refractivity contribution is 7.89. The SMILES string of the molecule is Cc1cc(S(=O)(=O)N2CCCCC2CCC(=O)N2CCn3c(CCN4CCCC4)ccc3C2)c(C)cc1Cl. The molecule has 2 saturated heterocycles. The maximum Gasteiger partial charge on any atom is 0.243 e. The summed E-state index contributed by atoms with van der Waals surface area (Å²) in [5.74, 6) is 0.123. The molecule has 0 saturated carbocycles. The smallest absolute Gasteiger partial charge is 0.243 e. The van der Waals surface area contributed by atoms with Crippen molar-refractivity contribution in [1.29, 1.82) is 0 Å². The average molecular weight is 561 g/mol. The second kappa shape index (κ2) is 11.7. The van der Waals surface area contributed by atoms with Crippen molar-refractivity contribution < 1.29 is 13.2 Å². The van der Waals surface area contributed by atoms with Crippen LogP contribution in [0.3, 0.4) is 0 Å². The molecular formula is C29H41ClN4O3S. The van der Waals surface area contributed by atoms with Gasteiger partial charge in [0.25, 0.3) is 0 Å². The van der Waals surface area contributed by atoms with Gasteiger partial charge in [0.1, 0.15) is 0 Å². The highest BCUT2D eigenvalue weighted by Crippen LogP contribution is 2.32. The van der Waals surface area contributed by atoms with E-state index in [2.05, 4.69) is 21.6 Å². The number of rotatable bonds is 8. The van der Waals surface area contributed by atoms with E-state index in [-0.39, 0.29) is 11.9 Å². The Bertz CT molecular complexity index is 1270. The number of carbonyl (C=O) groups is 1. The number of nitrogens with zero attached hydrogens (tertiary/aromatic N) is 4. The number of likely N-dealkylation sites (tertiary alicyclic amines) is 1. The van der Waals surface area contributed by atoms with E-state index >= 15 is 0 Å². The lowest BCUT2D eigenvalue weighted by molar-refractivity contribution is -0.133.